The van der Waals surface area contributed by atoms with Gasteiger partial charge in [-0.3, -0.25) is 14.9 Å². The van der Waals surface area contributed by atoms with Crippen molar-refractivity contribution in [3.05, 3.63) is 70.4 Å². The Bertz CT molecular complexity index is 915. The first kappa shape index (κ1) is 15.7. The van der Waals surface area contributed by atoms with Gasteiger partial charge in [-0.15, -0.1) is 0 Å². The van der Waals surface area contributed by atoms with Crippen LogP contribution in [0.3, 0.4) is 0 Å². The van der Waals surface area contributed by atoms with E-state index < -0.39 is 4.92 Å². The predicted octanol–water partition coefficient (Wildman–Crippen LogP) is 3.89. The lowest BCUT2D eigenvalue weighted by Gasteiger charge is -2.09. The van der Waals surface area contributed by atoms with Gasteiger partial charge in [0.1, 0.15) is 0 Å². The number of nitro benzene ring substituents is 1. The number of nitro groups is 1. The molecule has 0 bridgehead atoms. The Hall–Kier alpha value is -3.15. The minimum absolute atomic E-state index is 0.0349. The first-order chi connectivity index (χ1) is 11.5. The van der Waals surface area contributed by atoms with Crippen LogP contribution in [-0.2, 0) is 11.3 Å². The van der Waals surface area contributed by atoms with Crippen LogP contribution < -0.4 is 5.32 Å². The highest BCUT2D eigenvalue weighted by atomic mass is 16.6. The molecule has 0 unspecified atom stereocenters. The Morgan fingerprint density at radius 1 is 1.21 bits per heavy atom. The number of carbonyl (C=O) groups excluding carboxylic acids is 1. The van der Waals surface area contributed by atoms with E-state index in [1.807, 2.05) is 41.1 Å². The summed E-state index contributed by atoms with van der Waals surface area (Å²) in [6.45, 7) is 2.35. The van der Waals surface area contributed by atoms with Crippen molar-refractivity contribution in [1.29, 1.82) is 0 Å². The number of hydrogen-bond donors (Lipinski definition) is 1. The second-order valence-electron chi connectivity index (χ2n) is 5.62. The SMILES string of the molecule is Cc1ccc([N+](=O)[O-])cc1NC(=O)CCn1ccc2ccccc21. The van der Waals surface area contributed by atoms with Gasteiger partial charge in [-0.25, -0.2) is 0 Å². The topological polar surface area (TPSA) is 77.2 Å². The Labute approximate surface area is 138 Å². The van der Waals surface area contributed by atoms with Crippen LogP contribution in [0, 0.1) is 17.0 Å². The van der Waals surface area contributed by atoms with Crippen molar-refractivity contribution in [1.82, 2.24) is 4.57 Å². The molecule has 0 saturated carbocycles. The number of carbonyl (C=O) groups is 1. The molecular formula is C18H17N3O3. The maximum absolute atomic E-state index is 12.2. The number of anilines is 1. The van der Waals surface area contributed by atoms with Crippen molar-refractivity contribution < 1.29 is 9.72 Å². The Balaban J connectivity index is 1.68. The first-order valence-electron chi connectivity index (χ1n) is 7.63. The number of non-ortho nitro benzene ring substituents is 1. The molecule has 0 saturated heterocycles. The summed E-state index contributed by atoms with van der Waals surface area (Å²) >= 11 is 0. The average molecular weight is 323 g/mol. The van der Waals surface area contributed by atoms with Crippen molar-refractivity contribution >= 4 is 28.2 Å². The van der Waals surface area contributed by atoms with Crippen LogP contribution in [0.25, 0.3) is 10.9 Å². The quantitative estimate of drug-likeness (QED) is 0.571. The molecule has 0 aliphatic rings. The summed E-state index contributed by atoms with van der Waals surface area (Å²) in [5.41, 5.74) is 2.32. The van der Waals surface area contributed by atoms with Crippen LogP contribution in [0.5, 0.6) is 0 Å². The smallest absolute Gasteiger partial charge is 0.271 e. The van der Waals surface area contributed by atoms with E-state index in [0.717, 1.165) is 16.5 Å². The lowest BCUT2D eigenvalue weighted by atomic mass is 10.1. The Morgan fingerprint density at radius 2 is 2.00 bits per heavy atom. The van der Waals surface area contributed by atoms with Gasteiger partial charge in [0.15, 0.2) is 0 Å². The fourth-order valence-electron chi connectivity index (χ4n) is 2.63. The molecular weight excluding hydrogens is 306 g/mol. The summed E-state index contributed by atoms with van der Waals surface area (Å²) in [5.74, 6) is -0.170. The van der Waals surface area contributed by atoms with Gasteiger partial charge in [0.2, 0.25) is 5.91 Å². The second-order valence-corrected chi connectivity index (χ2v) is 5.62. The van der Waals surface area contributed by atoms with Crippen LogP contribution in [0.15, 0.2) is 54.7 Å². The number of para-hydroxylation sites is 1. The van der Waals surface area contributed by atoms with E-state index >= 15 is 0 Å². The van der Waals surface area contributed by atoms with Crippen molar-refractivity contribution in [2.75, 3.05) is 5.32 Å². The lowest BCUT2D eigenvalue weighted by molar-refractivity contribution is -0.384. The fraction of sp³-hybridized carbons (Fsp3) is 0.167. The van der Waals surface area contributed by atoms with Crippen molar-refractivity contribution in [2.24, 2.45) is 0 Å². The van der Waals surface area contributed by atoms with Gasteiger partial charge < -0.3 is 9.88 Å². The average Bonchev–Trinajstić information content (AvgIpc) is 2.98. The molecule has 1 heterocycles. The molecule has 1 aromatic heterocycles. The third-order valence-corrected chi connectivity index (χ3v) is 3.97. The zero-order chi connectivity index (χ0) is 17.1. The molecule has 3 rings (SSSR count). The third-order valence-electron chi connectivity index (χ3n) is 3.97. The largest absolute Gasteiger partial charge is 0.347 e. The molecule has 122 valence electrons. The number of rotatable bonds is 5. The summed E-state index contributed by atoms with van der Waals surface area (Å²) in [6.07, 6.45) is 2.25. The van der Waals surface area contributed by atoms with Gasteiger partial charge in [-0.1, -0.05) is 24.3 Å². The standard InChI is InChI=1S/C18H17N3O3/c1-13-6-7-15(21(23)24)12-16(13)19-18(22)9-11-20-10-8-14-4-2-3-5-17(14)20/h2-8,10,12H,9,11H2,1H3,(H,19,22). The van der Waals surface area contributed by atoms with Crippen molar-refractivity contribution in [3.63, 3.8) is 0 Å². The van der Waals surface area contributed by atoms with E-state index in [-0.39, 0.29) is 11.6 Å². The zero-order valence-corrected chi connectivity index (χ0v) is 13.2. The fourth-order valence-corrected chi connectivity index (χ4v) is 2.63. The van der Waals surface area contributed by atoms with Gasteiger partial charge in [0.25, 0.3) is 5.69 Å². The number of nitrogens with zero attached hydrogens (tertiary/aromatic N) is 2. The summed E-state index contributed by atoms with van der Waals surface area (Å²) in [5, 5.41) is 14.7. The Morgan fingerprint density at radius 3 is 2.79 bits per heavy atom. The minimum atomic E-state index is -0.471. The van der Waals surface area contributed by atoms with Crippen LogP contribution in [-0.4, -0.2) is 15.4 Å². The molecule has 6 nitrogen and oxygen atoms in total. The molecule has 2 aromatic carbocycles. The van der Waals surface area contributed by atoms with E-state index in [2.05, 4.69) is 5.32 Å². The highest BCUT2D eigenvalue weighted by Crippen LogP contribution is 2.22. The van der Waals surface area contributed by atoms with Crippen molar-refractivity contribution in [3.8, 4) is 0 Å². The zero-order valence-electron chi connectivity index (χ0n) is 13.2. The molecule has 24 heavy (non-hydrogen) atoms. The number of fused-ring (bicyclic) bond motifs is 1. The summed E-state index contributed by atoms with van der Waals surface area (Å²) in [6, 6.07) is 14.4. The normalized spacial score (nSPS) is 10.7. The van der Waals surface area contributed by atoms with Gasteiger partial charge in [-0.05, 0) is 30.0 Å². The van der Waals surface area contributed by atoms with E-state index in [9.17, 15) is 14.9 Å². The molecule has 6 heteroatoms. The van der Waals surface area contributed by atoms with Crippen LogP contribution >= 0.6 is 0 Å². The summed E-state index contributed by atoms with van der Waals surface area (Å²) in [7, 11) is 0. The van der Waals surface area contributed by atoms with E-state index in [4.69, 9.17) is 0 Å². The minimum Gasteiger partial charge on any atom is -0.347 e. The third kappa shape index (κ3) is 3.27. The molecule has 0 fully saturated rings. The van der Waals surface area contributed by atoms with Crippen LogP contribution in [0.4, 0.5) is 11.4 Å². The number of aryl methyl sites for hydroxylation is 2. The summed E-state index contributed by atoms with van der Waals surface area (Å²) in [4.78, 5) is 22.6. The molecule has 1 amide bonds. The number of aromatic nitrogens is 1. The molecule has 0 aliphatic heterocycles. The molecule has 0 spiro atoms. The maximum Gasteiger partial charge on any atom is 0.271 e. The van der Waals surface area contributed by atoms with E-state index in [0.29, 0.717) is 18.7 Å². The van der Waals surface area contributed by atoms with Gasteiger partial charge in [0, 0.05) is 36.8 Å². The highest BCUT2D eigenvalue weighted by Gasteiger charge is 2.11. The molecule has 1 N–H and O–H groups in total. The van der Waals surface area contributed by atoms with E-state index in [1.165, 1.54) is 12.1 Å². The number of benzene rings is 2. The van der Waals surface area contributed by atoms with Crippen molar-refractivity contribution in [2.45, 2.75) is 19.9 Å². The van der Waals surface area contributed by atoms with Gasteiger partial charge in [-0.2, -0.15) is 0 Å². The monoisotopic (exact) mass is 323 g/mol. The van der Waals surface area contributed by atoms with Gasteiger partial charge >= 0.3 is 0 Å². The molecule has 0 radical (unpaired) electrons. The highest BCUT2D eigenvalue weighted by molar-refractivity contribution is 5.92. The predicted molar refractivity (Wildman–Crippen MR) is 93.0 cm³/mol. The molecule has 0 atom stereocenters. The molecule has 3 aromatic rings. The number of nitrogens with one attached hydrogen (secondary N) is 1. The van der Waals surface area contributed by atoms with Gasteiger partial charge in [0.05, 0.1) is 10.6 Å². The number of amides is 1. The second kappa shape index (κ2) is 6.54. The summed E-state index contributed by atoms with van der Waals surface area (Å²) < 4.78 is 2.02. The van der Waals surface area contributed by atoms with E-state index in [1.54, 1.807) is 13.0 Å². The number of hydrogen-bond acceptors (Lipinski definition) is 3. The lowest BCUT2D eigenvalue weighted by Crippen LogP contribution is -2.15. The van der Waals surface area contributed by atoms with Crippen LogP contribution in [0.2, 0.25) is 0 Å². The Kier molecular flexibility index (Phi) is 4.29. The van der Waals surface area contributed by atoms with Crippen LogP contribution in [0.1, 0.15) is 12.0 Å². The molecule has 0 aliphatic carbocycles. The first-order valence-corrected chi connectivity index (χ1v) is 7.63. The maximum atomic E-state index is 12.2.